The van der Waals surface area contributed by atoms with Gasteiger partial charge in [-0.3, -0.25) is 0 Å². The maximum atomic E-state index is 2.58. The van der Waals surface area contributed by atoms with Gasteiger partial charge in [0.15, 0.2) is 0 Å². The average Bonchev–Trinajstić information content (AvgIpc) is 2.94. The molecule has 18 heavy (non-hydrogen) atoms. The third-order valence-corrected chi connectivity index (χ3v) is 3.95. The minimum Gasteiger partial charge on any atom is -0.374 e. The number of nitrogens with zero attached hydrogens (tertiary/aromatic N) is 2. The van der Waals surface area contributed by atoms with Crippen molar-refractivity contribution in [3.63, 3.8) is 0 Å². The van der Waals surface area contributed by atoms with E-state index in [1.807, 2.05) is 0 Å². The van der Waals surface area contributed by atoms with Gasteiger partial charge in [0, 0.05) is 38.1 Å². The van der Waals surface area contributed by atoms with Crippen molar-refractivity contribution in [3.8, 4) is 0 Å². The first-order valence-corrected chi connectivity index (χ1v) is 7.15. The van der Waals surface area contributed by atoms with E-state index in [9.17, 15) is 0 Å². The van der Waals surface area contributed by atoms with Gasteiger partial charge in [0.1, 0.15) is 0 Å². The van der Waals surface area contributed by atoms with Gasteiger partial charge in [-0.15, -0.1) is 0 Å². The summed E-state index contributed by atoms with van der Waals surface area (Å²) < 4.78 is 0. The molecule has 0 atom stereocenters. The molecule has 0 N–H and O–H groups in total. The van der Waals surface area contributed by atoms with Gasteiger partial charge in [-0.05, 0) is 31.2 Å². The molecule has 1 saturated heterocycles. The van der Waals surface area contributed by atoms with Crippen molar-refractivity contribution < 1.29 is 0 Å². The Labute approximate surface area is 110 Å². The molecule has 0 spiro atoms. The lowest BCUT2D eigenvalue weighted by Crippen LogP contribution is -2.28. The quantitative estimate of drug-likeness (QED) is 0.803. The van der Waals surface area contributed by atoms with Crippen LogP contribution in [0.3, 0.4) is 0 Å². The molecule has 2 heteroatoms. The number of allylic oxidation sites excluding steroid dienone is 1. The van der Waals surface area contributed by atoms with Crippen LogP contribution in [0.4, 0.5) is 0 Å². The molecule has 2 nitrogen and oxygen atoms in total. The van der Waals surface area contributed by atoms with E-state index < -0.39 is 0 Å². The standard InChI is InChI=1S/C16H22N2/c1-2-7-15(8-3-1)13-17-10-6-9-16(14-17)18-11-4-5-12-18/h1-3,7-8,14H,4-6,9-13H2. The minimum atomic E-state index is 1.05. The van der Waals surface area contributed by atoms with Gasteiger partial charge in [-0.2, -0.15) is 0 Å². The first kappa shape index (κ1) is 11.6. The van der Waals surface area contributed by atoms with Crippen molar-refractivity contribution in [3.05, 3.63) is 47.8 Å². The predicted octanol–water partition coefficient (Wildman–Crippen LogP) is 3.22. The Balaban J connectivity index is 1.67. The van der Waals surface area contributed by atoms with Crippen LogP contribution in [0.2, 0.25) is 0 Å². The van der Waals surface area contributed by atoms with E-state index in [1.54, 1.807) is 5.70 Å². The zero-order valence-corrected chi connectivity index (χ0v) is 11.0. The molecule has 0 aromatic heterocycles. The molecule has 1 fully saturated rings. The molecular formula is C16H22N2. The van der Waals surface area contributed by atoms with E-state index >= 15 is 0 Å². The molecule has 0 saturated carbocycles. The third-order valence-electron chi connectivity index (χ3n) is 3.95. The smallest absolute Gasteiger partial charge is 0.0424 e. The van der Waals surface area contributed by atoms with Crippen molar-refractivity contribution in [2.24, 2.45) is 0 Å². The molecule has 3 rings (SSSR count). The van der Waals surface area contributed by atoms with Crippen LogP contribution < -0.4 is 0 Å². The zero-order chi connectivity index (χ0) is 12.2. The van der Waals surface area contributed by atoms with Crippen LogP contribution in [-0.4, -0.2) is 29.4 Å². The van der Waals surface area contributed by atoms with Gasteiger partial charge in [-0.1, -0.05) is 30.3 Å². The number of benzene rings is 1. The highest BCUT2D eigenvalue weighted by Gasteiger charge is 2.18. The van der Waals surface area contributed by atoms with Crippen LogP contribution in [0.5, 0.6) is 0 Å². The normalized spacial score (nSPS) is 20.1. The Morgan fingerprint density at radius 3 is 2.44 bits per heavy atom. The van der Waals surface area contributed by atoms with Crippen LogP contribution in [0.1, 0.15) is 31.2 Å². The number of hydrogen-bond acceptors (Lipinski definition) is 2. The fourth-order valence-electron chi connectivity index (χ4n) is 2.99. The summed E-state index contributed by atoms with van der Waals surface area (Å²) in [5, 5.41) is 0. The Kier molecular flexibility index (Phi) is 3.54. The maximum absolute atomic E-state index is 2.58. The lowest BCUT2D eigenvalue weighted by atomic mass is 10.1. The summed E-state index contributed by atoms with van der Waals surface area (Å²) in [5.41, 5.74) is 2.98. The SMILES string of the molecule is C1=C(N2CCCC2)CCCN1Cc1ccccc1. The first-order chi connectivity index (χ1) is 8.92. The van der Waals surface area contributed by atoms with E-state index in [0.717, 1.165) is 6.54 Å². The van der Waals surface area contributed by atoms with E-state index in [0.29, 0.717) is 0 Å². The molecule has 2 aliphatic rings. The molecule has 1 aromatic carbocycles. The molecule has 96 valence electrons. The lowest BCUT2D eigenvalue weighted by Gasteiger charge is -2.31. The Morgan fingerprint density at radius 2 is 1.67 bits per heavy atom. The summed E-state index contributed by atoms with van der Waals surface area (Å²) in [6.45, 7) is 4.79. The van der Waals surface area contributed by atoms with Gasteiger partial charge in [0.05, 0.1) is 0 Å². The summed E-state index contributed by atoms with van der Waals surface area (Å²) >= 11 is 0. The van der Waals surface area contributed by atoms with Crippen molar-refractivity contribution in [1.82, 2.24) is 9.80 Å². The van der Waals surface area contributed by atoms with Gasteiger partial charge >= 0.3 is 0 Å². The monoisotopic (exact) mass is 242 g/mol. The van der Waals surface area contributed by atoms with Gasteiger partial charge in [0.25, 0.3) is 0 Å². The topological polar surface area (TPSA) is 6.48 Å². The molecule has 2 heterocycles. The number of hydrogen-bond donors (Lipinski definition) is 0. The van der Waals surface area contributed by atoms with Gasteiger partial charge in [-0.25, -0.2) is 0 Å². The summed E-state index contributed by atoms with van der Waals surface area (Å²) in [6.07, 6.45) is 7.72. The second kappa shape index (κ2) is 5.47. The largest absolute Gasteiger partial charge is 0.374 e. The fourth-order valence-corrected chi connectivity index (χ4v) is 2.99. The number of likely N-dealkylation sites (tertiary alicyclic amines) is 1. The Bertz CT molecular complexity index is 404. The van der Waals surface area contributed by atoms with Gasteiger partial charge in [0.2, 0.25) is 0 Å². The second-order valence-electron chi connectivity index (χ2n) is 5.37. The minimum absolute atomic E-state index is 1.05. The van der Waals surface area contributed by atoms with E-state index in [1.165, 1.54) is 50.9 Å². The fraction of sp³-hybridized carbons (Fsp3) is 0.500. The molecule has 0 aliphatic carbocycles. The van der Waals surface area contributed by atoms with E-state index in [-0.39, 0.29) is 0 Å². The molecule has 0 radical (unpaired) electrons. The highest BCUT2D eigenvalue weighted by Crippen LogP contribution is 2.23. The van der Waals surface area contributed by atoms with Crippen LogP contribution in [0.25, 0.3) is 0 Å². The first-order valence-electron chi connectivity index (χ1n) is 7.15. The molecule has 1 aromatic rings. The molecule has 0 unspecified atom stereocenters. The van der Waals surface area contributed by atoms with Crippen molar-refractivity contribution in [1.29, 1.82) is 0 Å². The molecular weight excluding hydrogens is 220 g/mol. The van der Waals surface area contributed by atoms with Crippen LogP contribution in [-0.2, 0) is 6.54 Å². The van der Waals surface area contributed by atoms with Crippen LogP contribution in [0, 0.1) is 0 Å². The average molecular weight is 242 g/mol. The van der Waals surface area contributed by atoms with Crippen molar-refractivity contribution in [2.45, 2.75) is 32.2 Å². The van der Waals surface area contributed by atoms with Crippen LogP contribution in [0.15, 0.2) is 42.2 Å². The summed E-state index contributed by atoms with van der Waals surface area (Å²) in [6, 6.07) is 10.8. The number of rotatable bonds is 3. The van der Waals surface area contributed by atoms with Crippen LogP contribution >= 0.6 is 0 Å². The van der Waals surface area contributed by atoms with Crippen molar-refractivity contribution >= 4 is 0 Å². The van der Waals surface area contributed by atoms with E-state index in [2.05, 4.69) is 46.3 Å². The Hall–Kier alpha value is -1.44. The Morgan fingerprint density at radius 1 is 0.889 bits per heavy atom. The highest BCUT2D eigenvalue weighted by molar-refractivity contribution is 5.16. The lowest BCUT2D eigenvalue weighted by molar-refractivity contribution is 0.297. The van der Waals surface area contributed by atoms with Gasteiger partial charge < -0.3 is 9.80 Å². The summed E-state index contributed by atoms with van der Waals surface area (Å²) in [5.74, 6) is 0. The third kappa shape index (κ3) is 2.69. The molecule has 0 bridgehead atoms. The van der Waals surface area contributed by atoms with E-state index in [4.69, 9.17) is 0 Å². The summed E-state index contributed by atoms with van der Waals surface area (Å²) in [4.78, 5) is 5.06. The maximum Gasteiger partial charge on any atom is 0.0424 e. The zero-order valence-electron chi connectivity index (χ0n) is 11.0. The second-order valence-corrected chi connectivity index (χ2v) is 5.37. The highest BCUT2D eigenvalue weighted by atomic mass is 15.2. The van der Waals surface area contributed by atoms with Crippen molar-refractivity contribution in [2.75, 3.05) is 19.6 Å². The summed E-state index contributed by atoms with van der Waals surface area (Å²) in [7, 11) is 0. The predicted molar refractivity (Wildman–Crippen MR) is 75.0 cm³/mol. The molecule has 2 aliphatic heterocycles. The molecule has 0 amide bonds.